The van der Waals surface area contributed by atoms with Crippen LogP contribution in [0.5, 0.6) is 0 Å². The number of hydrogen-bond donors (Lipinski definition) is 2. The van der Waals surface area contributed by atoms with Crippen molar-refractivity contribution in [1.82, 2.24) is 5.32 Å². The van der Waals surface area contributed by atoms with Gasteiger partial charge in [0.2, 0.25) is 0 Å². The molecule has 0 radical (unpaired) electrons. The molecule has 0 atom stereocenters. The van der Waals surface area contributed by atoms with E-state index in [1.54, 1.807) is 12.1 Å². The van der Waals surface area contributed by atoms with Crippen LogP contribution in [0.1, 0.15) is 35.2 Å². The van der Waals surface area contributed by atoms with Crippen LogP contribution in [-0.2, 0) is 0 Å². The van der Waals surface area contributed by atoms with Gasteiger partial charge in [-0.25, -0.2) is 0 Å². The number of benzene rings is 1. The highest BCUT2D eigenvalue weighted by Gasteiger charge is 2.20. The first kappa shape index (κ1) is 11.0. The van der Waals surface area contributed by atoms with Gasteiger partial charge < -0.3 is 11.1 Å². The van der Waals surface area contributed by atoms with Gasteiger partial charge in [-0.3, -0.25) is 4.79 Å². The van der Waals surface area contributed by atoms with Crippen LogP contribution >= 0.6 is 0 Å². The van der Waals surface area contributed by atoms with Gasteiger partial charge >= 0.3 is 0 Å². The van der Waals surface area contributed by atoms with Crippen molar-refractivity contribution in [2.24, 2.45) is 5.92 Å². The number of aryl methyl sites for hydroxylation is 1. The quantitative estimate of drug-likeness (QED) is 0.760. The summed E-state index contributed by atoms with van der Waals surface area (Å²) in [5.41, 5.74) is 8.09. The first-order valence-corrected chi connectivity index (χ1v) is 5.81. The number of amides is 1. The van der Waals surface area contributed by atoms with Crippen LogP contribution in [-0.4, -0.2) is 12.5 Å². The van der Waals surface area contributed by atoms with Crippen LogP contribution in [0.3, 0.4) is 0 Å². The van der Waals surface area contributed by atoms with Crippen molar-refractivity contribution in [2.75, 3.05) is 12.3 Å². The minimum Gasteiger partial charge on any atom is -0.399 e. The fraction of sp³-hybridized carbons (Fsp3) is 0.462. The van der Waals surface area contributed by atoms with Crippen molar-refractivity contribution < 1.29 is 4.79 Å². The normalized spacial score (nSPS) is 14.8. The van der Waals surface area contributed by atoms with E-state index in [4.69, 9.17) is 5.73 Å². The lowest BCUT2D eigenvalue weighted by Crippen LogP contribution is -2.24. The van der Waals surface area contributed by atoms with Gasteiger partial charge in [-0.15, -0.1) is 0 Å². The molecule has 3 heteroatoms. The van der Waals surface area contributed by atoms with Gasteiger partial charge in [-0.05, 0) is 43.0 Å². The highest BCUT2D eigenvalue weighted by molar-refractivity contribution is 5.94. The first-order chi connectivity index (χ1) is 7.66. The van der Waals surface area contributed by atoms with Gasteiger partial charge in [0.25, 0.3) is 5.91 Å². The van der Waals surface area contributed by atoms with Crippen molar-refractivity contribution in [2.45, 2.75) is 26.2 Å². The predicted molar refractivity (Wildman–Crippen MR) is 65.3 cm³/mol. The van der Waals surface area contributed by atoms with Crippen LogP contribution in [0.25, 0.3) is 0 Å². The fourth-order valence-corrected chi connectivity index (χ4v) is 1.72. The molecule has 0 unspecified atom stereocenters. The molecule has 0 bridgehead atoms. The SMILES string of the molecule is Cc1cc(C(=O)NCCC2CC2)ccc1N. The van der Waals surface area contributed by atoms with Crippen molar-refractivity contribution in [3.05, 3.63) is 29.3 Å². The Labute approximate surface area is 96.0 Å². The molecule has 0 aliphatic heterocycles. The van der Waals surface area contributed by atoms with E-state index in [1.165, 1.54) is 12.8 Å². The summed E-state index contributed by atoms with van der Waals surface area (Å²) < 4.78 is 0. The molecular formula is C13H18N2O. The number of rotatable bonds is 4. The first-order valence-electron chi connectivity index (χ1n) is 5.81. The second-order valence-corrected chi connectivity index (χ2v) is 4.56. The van der Waals surface area contributed by atoms with E-state index in [0.29, 0.717) is 5.56 Å². The third kappa shape index (κ3) is 2.75. The average molecular weight is 218 g/mol. The molecule has 0 saturated heterocycles. The summed E-state index contributed by atoms with van der Waals surface area (Å²) in [7, 11) is 0. The number of nitrogens with one attached hydrogen (secondary N) is 1. The van der Waals surface area contributed by atoms with Gasteiger partial charge in [0.05, 0.1) is 0 Å². The zero-order valence-corrected chi connectivity index (χ0v) is 9.62. The fourth-order valence-electron chi connectivity index (χ4n) is 1.72. The molecule has 0 spiro atoms. The molecule has 1 amide bonds. The third-order valence-electron chi connectivity index (χ3n) is 3.07. The molecule has 1 fully saturated rings. The lowest BCUT2D eigenvalue weighted by atomic mass is 10.1. The van der Waals surface area contributed by atoms with Crippen molar-refractivity contribution in [1.29, 1.82) is 0 Å². The molecule has 16 heavy (non-hydrogen) atoms. The van der Waals surface area contributed by atoms with Crippen LogP contribution < -0.4 is 11.1 Å². The number of carbonyl (C=O) groups is 1. The minimum absolute atomic E-state index is 0.00347. The molecule has 1 aliphatic rings. The van der Waals surface area contributed by atoms with Gasteiger partial charge in [0.1, 0.15) is 0 Å². The molecule has 1 aromatic rings. The molecule has 3 nitrogen and oxygen atoms in total. The number of carbonyl (C=O) groups excluding carboxylic acids is 1. The smallest absolute Gasteiger partial charge is 0.251 e. The summed E-state index contributed by atoms with van der Waals surface area (Å²) in [6.07, 6.45) is 3.77. The van der Waals surface area contributed by atoms with E-state index in [1.807, 2.05) is 13.0 Å². The lowest BCUT2D eigenvalue weighted by Gasteiger charge is -2.06. The standard InChI is InChI=1S/C13H18N2O/c1-9-8-11(4-5-12(9)14)13(16)15-7-6-10-2-3-10/h4-5,8,10H,2-3,6-7,14H2,1H3,(H,15,16). The maximum Gasteiger partial charge on any atom is 0.251 e. The Hall–Kier alpha value is -1.51. The Balaban J connectivity index is 1.88. The van der Waals surface area contributed by atoms with E-state index < -0.39 is 0 Å². The molecule has 1 aliphatic carbocycles. The second kappa shape index (κ2) is 4.56. The molecular weight excluding hydrogens is 200 g/mol. The Kier molecular flexibility index (Phi) is 3.13. The van der Waals surface area contributed by atoms with Gasteiger partial charge in [0, 0.05) is 17.8 Å². The van der Waals surface area contributed by atoms with Crippen LogP contribution in [0.2, 0.25) is 0 Å². The second-order valence-electron chi connectivity index (χ2n) is 4.56. The van der Waals surface area contributed by atoms with E-state index >= 15 is 0 Å². The summed E-state index contributed by atoms with van der Waals surface area (Å²) in [6, 6.07) is 5.39. The van der Waals surface area contributed by atoms with Crippen LogP contribution in [0, 0.1) is 12.8 Å². The van der Waals surface area contributed by atoms with E-state index in [-0.39, 0.29) is 5.91 Å². The molecule has 0 aromatic heterocycles. The summed E-state index contributed by atoms with van der Waals surface area (Å²) >= 11 is 0. The molecule has 3 N–H and O–H groups in total. The lowest BCUT2D eigenvalue weighted by molar-refractivity contribution is 0.0952. The Morgan fingerprint density at radius 2 is 2.25 bits per heavy atom. The highest BCUT2D eigenvalue weighted by Crippen LogP contribution is 2.31. The van der Waals surface area contributed by atoms with Gasteiger partial charge in [0.15, 0.2) is 0 Å². The Bertz CT molecular complexity index is 397. The summed E-state index contributed by atoms with van der Waals surface area (Å²) in [4.78, 5) is 11.8. The molecule has 1 saturated carbocycles. The maximum absolute atomic E-state index is 11.8. The number of hydrogen-bond acceptors (Lipinski definition) is 2. The van der Waals surface area contributed by atoms with Crippen molar-refractivity contribution >= 4 is 11.6 Å². The number of nitrogens with two attached hydrogens (primary N) is 1. The Morgan fingerprint density at radius 3 is 2.88 bits per heavy atom. The molecule has 2 rings (SSSR count). The van der Waals surface area contributed by atoms with E-state index in [2.05, 4.69) is 5.32 Å². The number of anilines is 1. The van der Waals surface area contributed by atoms with Crippen molar-refractivity contribution in [3.63, 3.8) is 0 Å². The Morgan fingerprint density at radius 1 is 1.50 bits per heavy atom. The zero-order valence-electron chi connectivity index (χ0n) is 9.62. The minimum atomic E-state index is 0.00347. The molecule has 86 valence electrons. The monoisotopic (exact) mass is 218 g/mol. The molecule has 0 heterocycles. The highest BCUT2D eigenvalue weighted by atomic mass is 16.1. The summed E-state index contributed by atoms with van der Waals surface area (Å²) in [5.74, 6) is 0.859. The third-order valence-corrected chi connectivity index (χ3v) is 3.07. The topological polar surface area (TPSA) is 55.1 Å². The van der Waals surface area contributed by atoms with Gasteiger partial charge in [-0.2, -0.15) is 0 Å². The molecule has 1 aromatic carbocycles. The summed E-state index contributed by atoms with van der Waals surface area (Å²) in [5, 5.41) is 2.94. The van der Waals surface area contributed by atoms with E-state index in [0.717, 1.165) is 30.1 Å². The van der Waals surface area contributed by atoms with E-state index in [9.17, 15) is 4.79 Å². The summed E-state index contributed by atoms with van der Waals surface area (Å²) in [6.45, 7) is 2.70. The van der Waals surface area contributed by atoms with Gasteiger partial charge in [-0.1, -0.05) is 12.8 Å². The average Bonchev–Trinajstić information content (AvgIpc) is 3.06. The van der Waals surface area contributed by atoms with Crippen molar-refractivity contribution in [3.8, 4) is 0 Å². The zero-order chi connectivity index (χ0) is 11.5. The number of nitrogen functional groups attached to an aromatic ring is 1. The van der Waals surface area contributed by atoms with Crippen LogP contribution in [0.15, 0.2) is 18.2 Å². The maximum atomic E-state index is 11.8. The van der Waals surface area contributed by atoms with Crippen LogP contribution in [0.4, 0.5) is 5.69 Å². The largest absolute Gasteiger partial charge is 0.399 e. The predicted octanol–water partition coefficient (Wildman–Crippen LogP) is 2.11.